The molecule has 1 amide bonds. The SMILES string of the molecule is CCCC(CCC)NC(=O)c1ccc2c(c1)OC(CC(=O)OCC)O2. The fraction of sp³-hybridized carbons (Fsp3) is 0.579. The first kappa shape index (κ1) is 19.1. The van der Waals surface area contributed by atoms with Crippen LogP contribution in [0.5, 0.6) is 11.5 Å². The third kappa shape index (κ3) is 5.37. The van der Waals surface area contributed by atoms with E-state index in [1.807, 2.05) is 0 Å². The van der Waals surface area contributed by atoms with E-state index in [-0.39, 0.29) is 24.3 Å². The van der Waals surface area contributed by atoms with Crippen LogP contribution in [-0.2, 0) is 9.53 Å². The zero-order valence-electron chi connectivity index (χ0n) is 15.2. The Morgan fingerprint density at radius 2 is 1.80 bits per heavy atom. The normalized spacial score (nSPS) is 15.3. The summed E-state index contributed by atoms with van der Waals surface area (Å²) >= 11 is 0. The van der Waals surface area contributed by atoms with E-state index >= 15 is 0 Å². The number of nitrogens with one attached hydrogen (secondary N) is 1. The van der Waals surface area contributed by atoms with Gasteiger partial charge < -0.3 is 19.5 Å². The third-order valence-electron chi connectivity index (χ3n) is 3.97. The van der Waals surface area contributed by atoms with Crippen LogP contribution in [0.1, 0.15) is 63.2 Å². The molecule has 1 unspecified atom stereocenters. The molecule has 1 aromatic rings. The third-order valence-corrected chi connectivity index (χ3v) is 3.97. The van der Waals surface area contributed by atoms with Gasteiger partial charge in [-0.15, -0.1) is 0 Å². The van der Waals surface area contributed by atoms with Gasteiger partial charge >= 0.3 is 5.97 Å². The van der Waals surface area contributed by atoms with Crippen LogP contribution in [0.25, 0.3) is 0 Å². The first-order valence-electron chi connectivity index (χ1n) is 9.01. The molecule has 6 heteroatoms. The quantitative estimate of drug-likeness (QED) is 0.691. The zero-order chi connectivity index (χ0) is 18.2. The number of benzene rings is 1. The molecule has 6 nitrogen and oxygen atoms in total. The van der Waals surface area contributed by atoms with Gasteiger partial charge in [-0.3, -0.25) is 9.59 Å². The van der Waals surface area contributed by atoms with Crippen molar-refractivity contribution in [3.63, 3.8) is 0 Å². The molecule has 0 radical (unpaired) electrons. The molecule has 1 aliphatic rings. The molecule has 0 aromatic heterocycles. The zero-order valence-corrected chi connectivity index (χ0v) is 15.2. The summed E-state index contributed by atoms with van der Waals surface area (Å²) in [6, 6.07) is 5.25. The van der Waals surface area contributed by atoms with Crippen molar-refractivity contribution in [2.24, 2.45) is 0 Å². The highest BCUT2D eigenvalue weighted by Gasteiger charge is 2.28. The van der Waals surface area contributed by atoms with E-state index in [1.165, 1.54) is 0 Å². The molecule has 0 spiro atoms. The summed E-state index contributed by atoms with van der Waals surface area (Å²) in [7, 11) is 0. The average molecular weight is 349 g/mol. The lowest BCUT2D eigenvalue weighted by Gasteiger charge is -2.17. The number of amides is 1. The second-order valence-electron chi connectivity index (χ2n) is 6.08. The molecule has 1 N–H and O–H groups in total. The summed E-state index contributed by atoms with van der Waals surface area (Å²) in [6.07, 6.45) is 3.29. The Morgan fingerprint density at radius 3 is 2.44 bits per heavy atom. The topological polar surface area (TPSA) is 73.9 Å². The minimum atomic E-state index is -0.708. The van der Waals surface area contributed by atoms with Gasteiger partial charge in [-0.25, -0.2) is 0 Å². The van der Waals surface area contributed by atoms with Crippen LogP contribution in [0.4, 0.5) is 0 Å². The van der Waals surface area contributed by atoms with Gasteiger partial charge in [0.2, 0.25) is 0 Å². The van der Waals surface area contributed by atoms with Crippen LogP contribution >= 0.6 is 0 Å². The second-order valence-corrected chi connectivity index (χ2v) is 6.08. The molecule has 0 aliphatic carbocycles. The highest BCUT2D eigenvalue weighted by molar-refractivity contribution is 5.95. The average Bonchev–Trinajstić information content (AvgIpc) is 2.96. The van der Waals surface area contributed by atoms with Gasteiger partial charge in [0.1, 0.15) is 6.42 Å². The fourth-order valence-electron chi connectivity index (χ4n) is 2.84. The number of hydrogen-bond acceptors (Lipinski definition) is 5. The fourth-order valence-corrected chi connectivity index (χ4v) is 2.84. The standard InChI is InChI=1S/C19H27NO5/c1-4-7-14(8-5-2)20-19(22)13-9-10-15-16(11-13)25-18(24-15)12-17(21)23-6-3/h9-11,14,18H,4-8,12H2,1-3H3,(H,20,22). The monoisotopic (exact) mass is 349 g/mol. The number of hydrogen-bond donors (Lipinski definition) is 1. The van der Waals surface area contributed by atoms with Gasteiger partial charge in [0.15, 0.2) is 11.5 Å². The molecule has 0 fully saturated rings. The first-order valence-corrected chi connectivity index (χ1v) is 9.01. The molecule has 2 rings (SSSR count). The van der Waals surface area contributed by atoms with Gasteiger partial charge in [0.25, 0.3) is 12.2 Å². The Kier molecular flexibility index (Phi) is 7.10. The van der Waals surface area contributed by atoms with E-state index in [9.17, 15) is 9.59 Å². The lowest BCUT2D eigenvalue weighted by Crippen LogP contribution is -2.34. The van der Waals surface area contributed by atoms with Crippen molar-refractivity contribution in [3.8, 4) is 11.5 Å². The molecule has 25 heavy (non-hydrogen) atoms. The lowest BCUT2D eigenvalue weighted by molar-refractivity contribution is -0.147. The maximum atomic E-state index is 12.5. The van der Waals surface area contributed by atoms with Gasteiger partial charge in [0.05, 0.1) is 6.61 Å². The van der Waals surface area contributed by atoms with E-state index in [4.69, 9.17) is 14.2 Å². The Balaban J connectivity index is 1.98. The van der Waals surface area contributed by atoms with E-state index in [0.29, 0.717) is 23.7 Å². The number of esters is 1. The Labute approximate surface area is 148 Å². The summed E-state index contributed by atoms with van der Waals surface area (Å²) in [4.78, 5) is 24.0. The Morgan fingerprint density at radius 1 is 1.12 bits per heavy atom. The highest BCUT2D eigenvalue weighted by Crippen LogP contribution is 2.36. The number of ether oxygens (including phenoxy) is 3. The largest absolute Gasteiger partial charge is 0.466 e. The summed E-state index contributed by atoms with van der Waals surface area (Å²) in [5.41, 5.74) is 0.524. The molecule has 138 valence electrons. The summed E-state index contributed by atoms with van der Waals surface area (Å²) < 4.78 is 16.1. The number of carbonyl (C=O) groups excluding carboxylic acids is 2. The molecular formula is C19H27NO5. The molecule has 0 saturated heterocycles. The molecule has 0 bridgehead atoms. The van der Waals surface area contributed by atoms with Crippen molar-refractivity contribution in [3.05, 3.63) is 23.8 Å². The Hall–Kier alpha value is -2.24. The van der Waals surface area contributed by atoms with Crippen LogP contribution in [0.15, 0.2) is 18.2 Å². The smallest absolute Gasteiger partial charge is 0.313 e. The van der Waals surface area contributed by atoms with Crippen LogP contribution in [0, 0.1) is 0 Å². The van der Waals surface area contributed by atoms with Crippen molar-refractivity contribution in [1.82, 2.24) is 5.32 Å². The van der Waals surface area contributed by atoms with Gasteiger partial charge in [-0.2, -0.15) is 0 Å². The Bertz CT molecular complexity index is 595. The van der Waals surface area contributed by atoms with E-state index in [1.54, 1.807) is 25.1 Å². The van der Waals surface area contributed by atoms with Crippen LogP contribution in [0.3, 0.4) is 0 Å². The predicted octanol–water partition coefficient (Wildman–Crippen LogP) is 3.44. The van der Waals surface area contributed by atoms with Gasteiger partial charge in [0, 0.05) is 11.6 Å². The minimum Gasteiger partial charge on any atom is -0.466 e. The van der Waals surface area contributed by atoms with E-state index < -0.39 is 6.29 Å². The van der Waals surface area contributed by atoms with Crippen molar-refractivity contribution in [1.29, 1.82) is 0 Å². The lowest BCUT2D eigenvalue weighted by atomic mass is 10.1. The summed E-state index contributed by atoms with van der Waals surface area (Å²) in [5.74, 6) is 0.515. The number of rotatable bonds is 9. The number of carbonyl (C=O) groups is 2. The maximum absolute atomic E-state index is 12.5. The molecular weight excluding hydrogens is 322 g/mol. The van der Waals surface area contributed by atoms with Gasteiger partial charge in [-0.05, 0) is 38.0 Å². The van der Waals surface area contributed by atoms with Crippen LogP contribution < -0.4 is 14.8 Å². The van der Waals surface area contributed by atoms with E-state index in [0.717, 1.165) is 25.7 Å². The predicted molar refractivity (Wildman–Crippen MR) is 93.8 cm³/mol. The maximum Gasteiger partial charge on any atom is 0.313 e. The molecule has 1 aromatic carbocycles. The highest BCUT2D eigenvalue weighted by atomic mass is 16.7. The molecule has 1 atom stereocenters. The van der Waals surface area contributed by atoms with E-state index in [2.05, 4.69) is 19.2 Å². The second kappa shape index (κ2) is 9.30. The minimum absolute atomic E-state index is 0.0130. The van der Waals surface area contributed by atoms with Crippen LogP contribution in [0.2, 0.25) is 0 Å². The molecule has 1 heterocycles. The first-order chi connectivity index (χ1) is 12.1. The molecule has 1 aliphatic heterocycles. The van der Waals surface area contributed by atoms with Crippen LogP contribution in [-0.4, -0.2) is 30.8 Å². The number of fused-ring (bicyclic) bond motifs is 1. The summed E-state index contributed by atoms with van der Waals surface area (Å²) in [6.45, 7) is 6.29. The summed E-state index contributed by atoms with van der Waals surface area (Å²) in [5, 5.41) is 3.08. The molecule has 0 saturated carbocycles. The van der Waals surface area contributed by atoms with Crippen molar-refractivity contribution in [2.75, 3.05) is 6.61 Å². The van der Waals surface area contributed by atoms with Gasteiger partial charge in [-0.1, -0.05) is 26.7 Å². The van der Waals surface area contributed by atoms with Crippen molar-refractivity contribution >= 4 is 11.9 Å². The van der Waals surface area contributed by atoms with Crippen molar-refractivity contribution in [2.45, 2.75) is 65.2 Å². The van der Waals surface area contributed by atoms with Crippen molar-refractivity contribution < 1.29 is 23.8 Å².